The molecule has 0 aromatic rings. The van der Waals surface area contributed by atoms with Gasteiger partial charge in [-0.3, -0.25) is 14.4 Å². The van der Waals surface area contributed by atoms with Gasteiger partial charge in [0.05, 0.1) is 0 Å². The Labute approximate surface area is 72.1 Å². The van der Waals surface area contributed by atoms with Crippen LogP contribution in [-0.4, -0.2) is 17.3 Å². The van der Waals surface area contributed by atoms with Crippen molar-refractivity contribution in [3.8, 4) is 0 Å². The van der Waals surface area contributed by atoms with Crippen LogP contribution in [0.2, 0.25) is 0 Å². The van der Waals surface area contributed by atoms with Crippen LogP contribution in [0.1, 0.15) is 39.5 Å². The molecule has 0 atom stereocenters. The molecule has 3 nitrogen and oxygen atoms in total. The molecule has 0 aromatic heterocycles. The van der Waals surface area contributed by atoms with E-state index in [-0.39, 0.29) is 18.0 Å². The van der Waals surface area contributed by atoms with E-state index in [0.29, 0.717) is 19.3 Å². The number of carbonyl (C=O) groups is 3. The minimum atomic E-state index is -0.418. The second kappa shape index (κ2) is 5.63. The maximum atomic E-state index is 10.8. The first kappa shape index (κ1) is 11.0. The molecular formula is C9H14O3. The van der Waals surface area contributed by atoms with E-state index in [1.165, 1.54) is 6.92 Å². The number of hydrogen-bond donors (Lipinski definition) is 0. The Morgan fingerprint density at radius 1 is 1.08 bits per heavy atom. The zero-order valence-corrected chi connectivity index (χ0v) is 7.55. The fraction of sp³-hybridized carbons (Fsp3) is 0.667. The largest absolute Gasteiger partial charge is 0.300 e. The summed E-state index contributed by atoms with van der Waals surface area (Å²) >= 11 is 0. The minimum absolute atomic E-state index is 0.145. The summed E-state index contributed by atoms with van der Waals surface area (Å²) in [4.78, 5) is 32.0. The molecule has 0 amide bonds. The van der Waals surface area contributed by atoms with Gasteiger partial charge in [0.2, 0.25) is 0 Å². The normalized spacial score (nSPS) is 9.50. The van der Waals surface area contributed by atoms with E-state index in [1.54, 1.807) is 6.92 Å². The standard InChI is InChI=1S/C9H14O3/c1-3-8(11)5-4-6-9(12)7(2)10/h3-6H2,1-2H3. The zero-order valence-electron chi connectivity index (χ0n) is 7.55. The molecule has 0 aliphatic rings. The topological polar surface area (TPSA) is 51.2 Å². The summed E-state index contributed by atoms with van der Waals surface area (Å²) in [6.45, 7) is 3.04. The Morgan fingerprint density at radius 3 is 2.08 bits per heavy atom. The molecule has 0 saturated carbocycles. The van der Waals surface area contributed by atoms with E-state index in [9.17, 15) is 14.4 Å². The third kappa shape index (κ3) is 4.77. The van der Waals surface area contributed by atoms with Crippen molar-refractivity contribution in [1.82, 2.24) is 0 Å². The molecule has 0 heterocycles. The monoisotopic (exact) mass is 170 g/mol. The highest BCUT2D eigenvalue weighted by molar-refractivity contribution is 6.36. The summed E-state index contributed by atoms with van der Waals surface area (Å²) in [5.41, 5.74) is 0. The predicted molar refractivity (Wildman–Crippen MR) is 44.8 cm³/mol. The molecular weight excluding hydrogens is 156 g/mol. The number of ketones is 3. The summed E-state index contributed by atoms with van der Waals surface area (Å²) in [5, 5.41) is 0. The molecule has 0 unspecified atom stereocenters. The van der Waals surface area contributed by atoms with Crippen LogP contribution in [0.5, 0.6) is 0 Å². The van der Waals surface area contributed by atoms with Crippen molar-refractivity contribution in [2.24, 2.45) is 0 Å². The predicted octanol–water partition coefficient (Wildman–Crippen LogP) is 1.29. The summed E-state index contributed by atoms with van der Waals surface area (Å²) in [7, 11) is 0. The van der Waals surface area contributed by atoms with Crippen LogP contribution in [0.25, 0.3) is 0 Å². The zero-order chi connectivity index (χ0) is 9.56. The number of rotatable bonds is 6. The van der Waals surface area contributed by atoms with Gasteiger partial charge in [-0.2, -0.15) is 0 Å². The van der Waals surface area contributed by atoms with E-state index in [4.69, 9.17) is 0 Å². The third-order valence-electron chi connectivity index (χ3n) is 1.65. The molecule has 0 aliphatic heterocycles. The quantitative estimate of drug-likeness (QED) is 0.564. The lowest BCUT2D eigenvalue weighted by molar-refractivity contribution is -0.135. The van der Waals surface area contributed by atoms with Gasteiger partial charge in [0.1, 0.15) is 5.78 Å². The van der Waals surface area contributed by atoms with Gasteiger partial charge in [-0.25, -0.2) is 0 Å². The summed E-state index contributed by atoms with van der Waals surface area (Å²) < 4.78 is 0. The number of Topliss-reactive ketones (excluding diaryl/α,β-unsaturated/α-hetero) is 3. The molecule has 0 bridgehead atoms. The lowest BCUT2D eigenvalue weighted by atomic mass is 10.1. The van der Waals surface area contributed by atoms with Crippen LogP contribution in [0.4, 0.5) is 0 Å². The van der Waals surface area contributed by atoms with E-state index >= 15 is 0 Å². The highest BCUT2D eigenvalue weighted by atomic mass is 16.2. The van der Waals surface area contributed by atoms with Crippen LogP contribution in [0.3, 0.4) is 0 Å². The number of carbonyl (C=O) groups excluding carboxylic acids is 3. The molecule has 0 N–H and O–H groups in total. The highest BCUT2D eigenvalue weighted by Gasteiger charge is 2.07. The van der Waals surface area contributed by atoms with Gasteiger partial charge in [0.25, 0.3) is 0 Å². The van der Waals surface area contributed by atoms with Crippen LogP contribution in [0, 0.1) is 0 Å². The lowest BCUT2D eigenvalue weighted by Crippen LogP contribution is -2.09. The van der Waals surface area contributed by atoms with Crippen molar-refractivity contribution in [3.05, 3.63) is 0 Å². The molecule has 0 saturated heterocycles. The Morgan fingerprint density at radius 2 is 1.67 bits per heavy atom. The van der Waals surface area contributed by atoms with Crippen molar-refractivity contribution in [2.45, 2.75) is 39.5 Å². The molecule has 68 valence electrons. The Bertz CT molecular complexity index is 194. The van der Waals surface area contributed by atoms with Gasteiger partial charge in [-0.05, 0) is 6.42 Å². The first-order valence-electron chi connectivity index (χ1n) is 4.13. The molecule has 3 heteroatoms. The second-order valence-corrected chi connectivity index (χ2v) is 2.73. The molecule has 0 fully saturated rings. The van der Waals surface area contributed by atoms with Gasteiger partial charge in [0.15, 0.2) is 11.6 Å². The Hall–Kier alpha value is -0.990. The first-order chi connectivity index (χ1) is 5.57. The molecule has 12 heavy (non-hydrogen) atoms. The molecule has 0 spiro atoms. The lowest BCUT2D eigenvalue weighted by Gasteiger charge is -1.95. The Kier molecular flexibility index (Phi) is 5.17. The third-order valence-corrected chi connectivity index (χ3v) is 1.65. The average molecular weight is 170 g/mol. The highest BCUT2D eigenvalue weighted by Crippen LogP contribution is 2.00. The summed E-state index contributed by atoms with van der Waals surface area (Å²) in [6.07, 6.45) is 1.63. The smallest absolute Gasteiger partial charge is 0.198 e. The molecule has 0 aromatic carbocycles. The second-order valence-electron chi connectivity index (χ2n) is 2.73. The summed E-state index contributed by atoms with van der Waals surface area (Å²) in [6, 6.07) is 0. The van der Waals surface area contributed by atoms with E-state index in [0.717, 1.165) is 0 Å². The van der Waals surface area contributed by atoms with Gasteiger partial charge in [-0.1, -0.05) is 6.92 Å². The SMILES string of the molecule is CCC(=O)CCCC(=O)C(C)=O. The van der Waals surface area contributed by atoms with E-state index < -0.39 is 5.78 Å². The van der Waals surface area contributed by atoms with Crippen molar-refractivity contribution in [2.75, 3.05) is 0 Å². The minimum Gasteiger partial charge on any atom is -0.300 e. The van der Waals surface area contributed by atoms with E-state index in [2.05, 4.69) is 0 Å². The van der Waals surface area contributed by atoms with Crippen LogP contribution < -0.4 is 0 Å². The maximum absolute atomic E-state index is 10.8. The Balaban J connectivity index is 3.50. The van der Waals surface area contributed by atoms with Crippen LogP contribution in [0.15, 0.2) is 0 Å². The summed E-state index contributed by atoms with van der Waals surface area (Å²) in [5.74, 6) is -0.649. The molecule has 0 aliphatic carbocycles. The molecule has 0 radical (unpaired) electrons. The number of hydrogen-bond acceptors (Lipinski definition) is 3. The molecule has 0 rings (SSSR count). The van der Waals surface area contributed by atoms with Gasteiger partial charge < -0.3 is 0 Å². The average Bonchev–Trinajstić information content (AvgIpc) is 2.03. The van der Waals surface area contributed by atoms with Gasteiger partial charge in [0, 0.05) is 26.2 Å². The van der Waals surface area contributed by atoms with Gasteiger partial charge >= 0.3 is 0 Å². The van der Waals surface area contributed by atoms with Crippen LogP contribution >= 0.6 is 0 Å². The fourth-order valence-electron chi connectivity index (χ4n) is 0.799. The van der Waals surface area contributed by atoms with Crippen LogP contribution in [-0.2, 0) is 14.4 Å². The fourth-order valence-corrected chi connectivity index (χ4v) is 0.799. The van der Waals surface area contributed by atoms with Crippen molar-refractivity contribution in [1.29, 1.82) is 0 Å². The van der Waals surface area contributed by atoms with Crippen molar-refractivity contribution in [3.63, 3.8) is 0 Å². The first-order valence-corrected chi connectivity index (χ1v) is 4.13. The van der Waals surface area contributed by atoms with Gasteiger partial charge in [-0.15, -0.1) is 0 Å². The van der Waals surface area contributed by atoms with Crippen molar-refractivity contribution >= 4 is 17.3 Å². The van der Waals surface area contributed by atoms with Crippen molar-refractivity contribution < 1.29 is 14.4 Å². The van der Waals surface area contributed by atoms with E-state index in [1.807, 2.05) is 0 Å². The maximum Gasteiger partial charge on any atom is 0.198 e.